The van der Waals surface area contributed by atoms with Crippen LogP contribution in [0.25, 0.3) is 231 Å². The third-order valence-electron chi connectivity index (χ3n) is 23.4. The van der Waals surface area contributed by atoms with Crippen LogP contribution in [0.4, 0.5) is 0 Å². The SMILES string of the molecule is c1ccc(-c2cccc(-c3cnc(-c4cccc5c4sc4cc6c(cc45)c4ccccc4n6-c4ccccc4)c(-c4nc(-c5ccccc5)nc(-c5ccccc5)n4)c3)c2)cc1.c1ccc(-c2cccc(-c3cnc(-c4cccc5sc6ccc7c(c8ccccc8n7-c7ccccc7)c6c45)c(-c4nc(-c5ccccc5)nc(-c5ccccc5)n4)c3)c2)cc1. The summed E-state index contributed by atoms with van der Waals surface area (Å²) in [5.41, 5.74) is 24.7. The standard InChI is InChI=1S/2C56H35N5S/c1-5-17-36(18-6-1)39-23-15-24-40(31-39)41-32-48(56-59-54(37-19-7-2-8-20-37)58-55(60-56)38-21-9-3-10-22-38)52(57-35-41)45-29-16-28-44-47-33-46-43-27-13-14-30-49(43)61(42-25-11-4-12-26-42)50(46)34-51(47)62-53(44)45;1-5-17-36(18-6-1)39-23-15-24-40(33-39)41-34-45(56-59-54(37-19-7-2-8-20-37)58-55(60-56)38-21-9-3-10-22-38)53(57-35-41)44-28-16-30-48-51(44)52-49(62-48)32-31-47-50(52)43-27-13-14-29-46(43)61(47)42-25-11-4-12-26-42/h2*1-35H. The fraction of sp³-hybridized carbons (Fsp3) is 0. The Labute approximate surface area is 722 Å². The smallest absolute Gasteiger partial charge is 0.166 e. The summed E-state index contributed by atoms with van der Waals surface area (Å²) < 4.78 is 9.58. The first-order valence-electron chi connectivity index (χ1n) is 41.4. The summed E-state index contributed by atoms with van der Waals surface area (Å²) in [5.74, 6) is 3.54. The van der Waals surface area contributed by atoms with Crippen molar-refractivity contribution in [3.05, 3.63) is 425 Å². The van der Waals surface area contributed by atoms with Gasteiger partial charge in [-0.05, 0) is 124 Å². The van der Waals surface area contributed by atoms with Gasteiger partial charge in [-0.3, -0.25) is 9.97 Å². The van der Waals surface area contributed by atoms with Crippen molar-refractivity contribution in [2.75, 3.05) is 0 Å². The molecule has 8 heterocycles. The number of hydrogen-bond acceptors (Lipinski definition) is 10. The van der Waals surface area contributed by atoms with Crippen LogP contribution >= 0.6 is 22.7 Å². The van der Waals surface area contributed by atoms with Crippen LogP contribution in [0.15, 0.2) is 425 Å². The number of thiophene rings is 2. The number of fused-ring (bicyclic) bond motifs is 13. The van der Waals surface area contributed by atoms with Gasteiger partial charge in [-0.2, -0.15) is 0 Å². The number of pyridine rings is 2. The lowest BCUT2D eigenvalue weighted by Gasteiger charge is -2.15. The maximum absolute atomic E-state index is 5.44. The summed E-state index contributed by atoms with van der Waals surface area (Å²) in [6.07, 6.45) is 4.00. The Kier molecular flexibility index (Phi) is 18.4. The molecular formula is C112H70N10S2. The number of nitrogens with zero attached hydrogens (tertiary/aromatic N) is 10. The summed E-state index contributed by atoms with van der Waals surface area (Å²) >= 11 is 3.63. The second-order valence-corrected chi connectivity index (χ2v) is 33.0. The topological polar surface area (TPSA) is 113 Å². The van der Waals surface area contributed by atoms with Gasteiger partial charge in [0.25, 0.3) is 0 Å². The van der Waals surface area contributed by atoms with Gasteiger partial charge in [0, 0.05) is 141 Å². The van der Waals surface area contributed by atoms with E-state index in [4.69, 9.17) is 39.9 Å². The molecule has 0 saturated carbocycles. The Morgan fingerprint density at radius 2 is 0.556 bits per heavy atom. The predicted molar refractivity (Wildman–Crippen MR) is 515 cm³/mol. The Bertz CT molecular complexity index is 8090. The number of benzene rings is 16. The van der Waals surface area contributed by atoms with Gasteiger partial charge in [0.05, 0.1) is 33.5 Å². The molecule has 124 heavy (non-hydrogen) atoms. The van der Waals surface area contributed by atoms with Crippen molar-refractivity contribution in [2.45, 2.75) is 0 Å². The molecule has 0 unspecified atom stereocenters. The first-order chi connectivity index (χ1) is 61.5. The van der Waals surface area contributed by atoms with Crippen LogP contribution in [-0.2, 0) is 0 Å². The highest BCUT2D eigenvalue weighted by Crippen LogP contribution is 2.50. The largest absolute Gasteiger partial charge is 0.309 e. The molecule has 0 amide bonds. The molecule has 24 rings (SSSR count). The van der Waals surface area contributed by atoms with Gasteiger partial charge in [0.15, 0.2) is 34.9 Å². The van der Waals surface area contributed by atoms with Crippen LogP contribution in [-0.4, -0.2) is 49.0 Å². The second-order valence-electron chi connectivity index (χ2n) is 30.9. The Morgan fingerprint density at radius 3 is 1.06 bits per heavy atom. The van der Waals surface area contributed by atoms with Crippen molar-refractivity contribution < 1.29 is 0 Å². The van der Waals surface area contributed by atoms with E-state index in [1.54, 1.807) is 0 Å². The molecule has 8 aromatic heterocycles. The zero-order chi connectivity index (χ0) is 82.0. The lowest BCUT2D eigenvalue weighted by atomic mass is 9.95. The van der Waals surface area contributed by atoms with E-state index in [1.807, 2.05) is 169 Å². The molecule has 0 fully saturated rings. The van der Waals surface area contributed by atoms with Crippen LogP contribution in [0.1, 0.15) is 0 Å². The van der Waals surface area contributed by atoms with E-state index in [1.165, 1.54) is 84.0 Å². The fourth-order valence-electron chi connectivity index (χ4n) is 17.6. The molecule has 12 heteroatoms. The van der Waals surface area contributed by atoms with E-state index in [0.29, 0.717) is 34.9 Å². The van der Waals surface area contributed by atoms with E-state index >= 15 is 0 Å². The molecule has 16 aromatic carbocycles. The number of para-hydroxylation sites is 4. The van der Waals surface area contributed by atoms with E-state index in [-0.39, 0.29) is 0 Å². The summed E-state index contributed by atoms with van der Waals surface area (Å²) in [7, 11) is 0. The number of rotatable bonds is 14. The van der Waals surface area contributed by atoms with Crippen molar-refractivity contribution in [3.8, 4) is 147 Å². The average Bonchev–Trinajstić information content (AvgIpc) is 1.55. The quantitative estimate of drug-likeness (QED) is 0.106. The number of aromatic nitrogens is 10. The van der Waals surface area contributed by atoms with Gasteiger partial charge in [0.2, 0.25) is 0 Å². The molecule has 24 aromatic rings. The zero-order valence-corrected chi connectivity index (χ0v) is 68.3. The molecule has 0 saturated heterocycles. The van der Waals surface area contributed by atoms with Gasteiger partial charge in [-0.25, -0.2) is 29.9 Å². The highest BCUT2D eigenvalue weighted by atomic mass is 32.1. The maximum atomic E-state index is 5.44. The zero-order valence-electron chi connectivity index (χ0n) is 66.7. The normalized spacial score (nSPS) is 11.5. The molecule has 0 aliphatic heterocycles. The van der Waals surface area contributed by atoms with Gasteiger partial charge in [-0.15, -0.1) is 22.7 Å². The minimum absolute atomic E-state index is 0.559. The highest BCUT2D eigenvalue weighted by Gasteiger charge is 2.27. The van der Waals surface area contributed by atoms with E-state index in [9.17, 15) is 0 Å². The summed E-state index contributed by atoms with van der Waals surface area (Å²) in [6, 6.07) is 145. The summed E-state index contributed by atoms with van der Waals surface area (Å²) in [6.45, 7) is 0. The molecule has 0 bridgehead atoms. The molecule has 0 N–H and O–H groups in total. The van der Waals surface area contributed by atoms with Gasteiger partial charge >= 0.3 is 0 Å². The molecule has 580 valence electrons. The van der Waals surface area contributed by atoms with Gasteiger partial charge in [0.1, 0.15) is 0 Å². The second kappa shape index (κ2) is 31.2. The highest BCUT2D eigenvalue weighted by molar-refractivity contribution is 7.26. The molecule has 0 radical (unpaired) electrons. The Morgan fingerprint density at radius 1 is 0.185 bits per heavy atom. The third-order valence-corrected chi connectivity index (χ3v) is 25.7. The van der Waals surface area contributed by atoms with E-state index < -0.39 is 0 Å². The molecular weight excluding hydrogens is 1550 g/mol. The lowest BCUT2D eigenvalue weighted by Crippen LogP contribution is -2.02. The molecule has 0 aliphatic carbocycles. The first kappa shape index (κ1) is 73.1. The monoisotopic (exact) mass is 1620 g/mol. The van der Waals surface area contributed by atoms with Crippen molar-refractivity contribution in [3.63, 3.8) is 0 Å². The van der Waals surface area contributed by atoms with Crippen molar-refractivity contribution in [1.29, 1.82) is 0 Å². The van der Waals surface area contributed by atoms with Gasteiger partial charge in [-0.1, -0.05) is 322 Å². The minimum atomic E-state index is 0.559. The molecule has 0 spiro atoms. The molecule has 0 atom stereocenters. The predicted octanol–water partition coefficient (Wildman–Crippen LogP) is 29.5. The third kappa shape index (κ3) is 13.2. The average molecular weight is 1620 g/mol. The lowest BCUT2D eigenvalue weighted by molar-refractivity contribution is 1.07. The summed E-state index contributed by atoms with van der Waals surface area (Å²) in [5, 5.41) is 9.72. The summed E-state index contributed by atoms with van der Waals surface area (Å²) in [4.78, 5) is 42.0. The van der Waals surface area contributed by atoms with Crippen molar-refractivity contribution in [1.82, 2.24) is 49.0 Å². The Balaban J connectivity index is 0.000000143. The van der Waals surface area contributed by atoms with E-state index in [2.05, 4.69) is 288 Å². The molecule has 0 aliphatic rings. The van der Waals surface area contributed by atoms with Crippen LogP contribution < -0.4 is 0 Å². The molecule has 10 nitrogen and oxygen atoms in total. The van der Waals surface area contributed by atoms with Crippen LogP contribution in [0.2, 0.25) is 0 Å². The minimum Gasteiger partial charge on any atom is -0.309 e. The van der Waals surface area contributed by atoms with Crippen LogP contribution in [0, 0.1) is 0 Å². The fourth-order valence-corrected chi connectivity index (χ4v) is 20.0. The van der Waals surface area contributed by atoms with Crippen molar-refractivity contribution in [2.24, 2.45) is 0 Å². The van der Waals surface area contributed by atoms with Gasteiger partial charge < -0.3 is 9.13 Å². The van der Waals surface area contributed by atoms with Crippen LogP contribution in [0.3, 0.4) is 0 Å². The number of hydrogen-bond donors (Lipinski definition) is 0. The van der Waals surface area contributed by atoms with E-state index in [0.717, 1.165) is 112 Å². The first-order valence-corrected chi connectivity index (χ1v) is 43.1. The Hall–Kier alpha value is -16.1. The van der Waals surface area contributed by atoms with Crippen LogP contribution in [0.5, 0.6) is 0 Å². The van der Waals surface area contributed by atoms with Crippen molar-refractivity contribution >= 4 is 107 Å². The maximum Gasteiger partial charge on any atom is 0.166 e.